The van der Waals surface area contributed by atoms with Crippen LogP contribution in [-0.2, 0) is 6.42 Å². The average molecular weight is 394 g/mol. The summed E-state index contributed by atoms with van der Waals surface area (Å²) < 4.78 is 0. The minimum Gasteiger partial charge on any atom is -0.371 e. The lowest BCUT2D eigenvalue weighted by molar-refractivity contribution is 0.0963. The van der Waals surface area contributed by atoms with Crippen molar-refractivity contribution in [1.29, 1.82) is 0 Å². The Morgan fingerprint density at radius 3 is 2.55 bits per heavy atom. The summed E-state index contributed by atoms with van der Waals surface area (Å²) in [6.45, 7) is 2.86. The first kappa shape index (κ1) is 20.7. The highest BCUT2D eigenvalue weighted by molar-refractivity contribution is 5.94. The van der Waals surface area contributed by atoms with Crippen molar-refractivity contribution in [2.45, 2.75) is 25.3 Å². The number of carbonyl (C=O) groups is 1. The fourth-order valence-electron chi connectivity index (χ4n) is 3.65. The summed E-state index contributed by atoms with van der Waals surface area (Å²) in [5, 5.41) is 9.61. The molecule has 2 aromatic carbocycles. The molecule has 3 rings (SSSR count). The lowest BCUT2D eigenvalue weighted by Gasteiger charge is -2.34. The van der Waals surface area contributed by atoms with Crippen molar-refractivity contribution >= 4 is 17.6 Å². The quantitative estimate of drug-likeness (QED) is 0.521. The van der Waals surface area contributed by atoms with Crippen LogP contribution in [0.2, 0.25) is 0 Å². The normalized spacial score (nSPS) is 15.1. The van der Waals surface area contributed by atoms with Gasteiger partial charge in [0.1, 0.15) is 0 Å². The van der Waals surface area contributed by atoms with Crippen LogP contribution in [0.1, 0.15) is 28.8 Å². The standard InChI is InChI=1S/C23H31N5O/c1-24-22(29)19-8-6-7-18(17-19)11-14-26-23(25-2)27-20-12-15-28(16-13-20)21-9-4-3-5-10-21/h3-10,17,20H,11-16H2,1-2H3,(H,24,29)(H2,25,26,27). The minimum absolute atomic E-state index is 0.0564. The predicted octanol–water partition coefficient (Wildman–Crippen LogP) is 2.42. The molecule has 0 unspecified atom stereocenters. The van der Waals surface area contributed by atoms with Gasteiger partial charge in [-0.05, 0) is 49.1 Å². The molecular weight excluding hydrogens is 362 g/mol. The third kappa shape index (κ3) is 5.98. The molecule has 1 aliphatic heterocycles. The van der Waals surface area contributed by atoms with E-state index in [0.717, 1.165) is 50.4 Å². The number of anilines is 1. The molecule has 6 heteroatoms. The number of benzene rings is 2. The molecule has 0 spiro atoms. The number of carbonyl (C=O) groups excluding carboxylic acids is 1. The molecule has 6 nitrogen and oxygen atoms in total. The number of rotatable bonds is 6. The Bertz CT molecular complexity index is 813. The van der Waals surface area contributed by atoms with E-state index in [1.165, 1.54) is 5.69 Å². The minimum atomic E-state index is -0.0564. The van der Waals surface area contributed by atoms with E-state index < -0.39 is 0 Å². The van der Waals surface area contributed by atoms with E-state index in [0.29, 0.717) is 11.6 Å². The van der Waals surface area contributed by atoms with E-state index in [1.807, 2.05) is 24.3 Å². The Morgan fingerprint density at radius 1 is 1.10 bits per heavy atom. The summed E-state index contributed by atoms with van der Waals surface area (Å²) in [5.41, 5.74) is 3.12. The second-order valence-corrected chi connectivity index (χ2v) is 7.27. The third-order valence-corrected chi connectivity index (χ3v) is 5.30. The molecule has 1 fully saturated rings. The molecule has 29 heavy (non-hydrogen) atoms. The monoisotopic (exact) mass is 393 g/mol. The lowest BCUT2D eigenvalue weighted by atomic mass is 10.0. The summed E-state index contributed by atoms with van der Waals surface area (Å²) >= 11 is 0. The summed E-state index contributed by atoms with van der Waals surface area (Å²) in [5.74, 6) is 0.782. The maximum absolute atomic E-state index is 11.8. The molecule has 2 aromatic rings. The van der Waals surface area contributed by atoms with Crippen molar-refractivity contribution in [3.05, 3.63) is 65.7 Å². The van der Waals surface area contributed by atoms with Crippen molar-refractivity contribution in [3.63, 3.8) is 0 Å². The van der Waals surface area contributed by atoms with Gasteiger partial charge in [0.25, 0.3) is 5.91 Å². The molecule has 1 saturated heterocycles. The number of aliphatic imine (C=N–C) groups is 1. The summed E-state index contributed by atoms with van der Waals surface area (Å²) in [6.07, 6.45) is 3.01. The SMILES string of the molecule is CN=C(NCCc1cccc(C(=O)NC)c1)NC1CCN(c2ccccc2)CC1. The maximum Gasteiger partial charge on any atom is 0.251 e. The Balaban J connectivity index is 1.43. The second kappa shape index (κ2) is 10.5. The first-order valence-corrected chi connectivity index (χ1v) is 10.3. The molecule has 0 radical (unpaired) electrons. The average Bonchev–Trinajstić information content (AvgIpc) is 2.79. The molecule has 1 aliphatic rings. The van der Waals surface area contributed by atoms with Crippen LogP contribution in [0, 0.1) is 0 Å². The van der Waals surface area contributed by atoms with Crippen LogP contribution in [0.5, 0.6) is 0 Å². The van der Waals surface area contributed by atoms with Crippen LogP contribution in [-0.4, -0.2) is 51.6 Å². The van der Waals surface area contributed by atoms with Gasteiger partial charge < -0.3 is 20.9 Å². The summed E-state index contributed by atoms with van der Waals surface area (Å²) in [6, 6.07) is 18.8. The molecule has 0 atom stereocenters. The van der Waals surface area contributed by atoms with Gasteiger partial charge in [0.2, 0.25) is 0 Å². The first-order chi connectivity index (χ1) is 14.2. The Morgan fingerprint density at radius 2 is 1.86 bits per heavy atom. The van der Waals surface area contributed by atoms with Crippen LogP contribution in [0.3, 0.4) is 0 Å². The predicted molar refractivity (Wildman–Crippen MR) is 120 cm³/mol. The van der Waals surface area contributed by atoms with Crippen LogP contribution >= 0.6 is 0 Å². The molecule has 0 bridgehead atoms. The number of amides is 1. The van der Waals surface area contributed by atoms with E-state index in [4.69, 9.17) is 0 Å². The van der Waals surface area contributed by atoms with E-state index in [2.05, 4.69) is 56.2 Å². The molecule has 1 heterocycles. The molecule has 0 aromatic heterocycles. The Labute approximate surface area is 173 Å². The summed E-state index contributed by atoms with van der Waals surface area (Å²) in [4.78, 5) is 18.6. The van der Waals surface area contributed by atoms with E-state index >= 15 is 0 Å². The summed E-state index contributed by atoms with van der Waals surface area (Å²) in [7, 11) is 3.46. The van der Waals surface area contributed by atoms with Crippen molar-refractivity contribution in [2.75, 3.05) is 38.6 Å². The number of hydrogen-bond acceptors (Lipinski definition) is 3. The van der Waals surface area contributed by atoms with Crippen molar-refractivity contribution in [3.8, 4) is 0 Å². The zero-order valence-electron chi connectivity index (χ0n) is 17.3. The van der Waals surface area contributed by atoms with E-state index in [-0.39, 0.29) is 5.91 Å². The lowest BCUT2D eigenvalue weighted by Crippen LogP contribution is -2.49. The molecule has 3 N–H and O–H groups in total. The van der Waals surface area contributed by atoms with Crippen molar-refractivity contribution in [1.82, 2.24) is 16.0 Å². The van der Waals surface area contributed by atoms with Gasteiger partial charge in [-0.3, -0.25) is 9.79 Å². The fraction of sp³-hybridized carbons (Fsp3) is 0.391. The zero-order valence-corrected chi connectivity index (χ0v) is 17.3. The van der Waals surface area contributed by atoms with E-state index in [1.54, 1.807) is 14.1 Å². The second-order valence-electron chi connectivity index (χ2n) is 7.27. The topological polar surface area (TPSA) is 68.8 Å². The van der Waals surface area contributed by atoms with Gasteiger partial charge in [-0.15, -0.1) is 0 Å². The van der Waals surface area contributed by atoms with Crippen LogP contribution in [0.25, 0.3) is 0 Å². The van der Waals surface area contributed by atoms with Gasteiger partial charge >= 0.3 is 0 Å². The number of guanidine groups is 1. The van der Waals surface area contributed by atoms with Crippen molar-refractivity contribution < 1.29 is 4.79 Å². The van der Waals surface area contributed by atoms with Gasteiger partial charge in [0.15, 0.2) is 5.96 Å². The number of hydrogen-bond donors (Lipinski definition) is 3. The molecule has 0 saturated carbocycles. The van der Waals surface area contributed by atoms with Crippen LogP contribution < -0.4 is 20.9 Å². The fourth-order valence-corrected chi connectivity index (χ4v) is 3.65. The molecular formula is C23H31N5O. The highest BCUT2D eigenvalue weighted by atomic mass is 16.1. The van der Waals surface area contributed by atoms with Crippen LogP contribution in [0.4, 0.5) is 5.69 Å². The highest BCUT2D eigenvalue weighted by Gasteiger charge is 2.20. The van der Waals surface area contributed by atoms with Gasteiger partial charge in [-0.25, -0.2) is 0 Å². The zero-order chi connectivity index (χ0) is 20.5. The van der Waals surface area contributed by atoms with Gasteiger partial charge in [-0.2, -0.15) is 0 Å². The van der Waals surface area contributed by atoms with Gasteiger partial charge in [-0.1, -0.05) is 30.3 Å². The Kier molecular flexibility index (Phi) is 7.50. The number of nitrogens with one attached hydrogen (secondary N) is 3. The highest BCUT2D eigenvalue weighted by Crippen LogP contribution is 2.19. The van der Waals surface area contributed by atoms with Crippen LogP contribution in [0.15, 0.2) is 59.6 Å². The molecule has 1 amide bonds. The van der Waals surface area contributed by atoms with Gasteiger partial charge in [0, 0.05) is 51.0 Å². The molecule has 154 valence electrons. The molecule has 0 aliphatic carbocycles. The largest absolute Gasteiger partial charge is 0.371 e. The first-order valence-electron chi connectivity index (χ1n) is 10.3. The maximum atomic E-state index is 11.8. The number of para-hydroxylation sites is 1. The number of piperidine rings is 1. The third-order valence-electron chi connectivity index (χ3n) is 5.30. The number of nitrogens with zero attached hydrogens (tertiary/aromatic N) is 2. The van der Waals surface area contributed by atoms with Crippen molar-refractivity contribution in [2.24, 2.45) is 4.99 Å². The smallest absolute Gasteiger partial charge is 0.251 e. The van der Waals surface area contributed by atoms with Gasteiger partial charge in [0.05, 0.1) is 0 Å². The van der Waals surface area contributed by atoms with E-state index in [9.17, 15) is 4.79 Å². The Hall–Kier alpha value is -3.02.